The molecule has 0 fully saturated rings. The van der Waals surface area contributed by atoms with Gasteiger partial charge in [-0.2, -0.15) is 4.98 Å². The zero-order valence-electron chi connectivity index (χ0n) is 12.0. The van der Waals surface area contributed by atoms with Crippen molar-refractivity contribution in [1.29, 1.82) is 0 Å². The minimum Gasteiger partial charge on any atom is -0.334 e. The molecular formula is C15H21N3O. The number of hydrogen-bond acceptors (Lipinski definition) is 4. The summed E-state index contributed by atoms with van der Waals surface area (Å²) in [6, 6.07) is 8.14. The summed E-state index contributed by atoms with van der Waals surface area (Å²) in [5.41, 5.74) is 7.86. The predicted octanol–water partition coefficient (Wildman–Crippen LogP) is 3.10. The van der Waals surface area contributed by atoms with Gasteiger partial charge in [-0.05, 0) is 17.0 Å². The number of rotatable bonds is 3. The van der Waals surface area contributed by atoms with Crippen LogP contribution >= 0.6 is 0 Å². The molecule has 0 spiro atoms. The van der Waals surface area contributed by atoms with E-state index in [-0.39, 0.29) is 11.3 Å². The Hall–Kier alpha value is -1.68. The molecular weight excluding hydrogens is 238 g/mol. The van der Waals surface area contributed by atoms with Crippen LogP contribution in [0.4, 0.5) is 0 Å². The number of benzene rings is 1. The maximum absolute atomic E-state index is 5.63. The highest BCUT2D eigenvalue weighted by atomic mass is 16.5. The molecule has 0 bridgehead atoms. The number of nitrogens with zero attached hydrogens (tertiary/aromatic N) is 2. The maximum atomic E-state index is 5.63. The smallest absolute Gasteiger partial charge is 0.258 e. The van der Waals surface area contributed by atoms with Crippen molar-refractivity contribution in [2.45, 2.75) is 39.0 Å². The van der Waals surface area contributed by atoms with Crippen molar-refractivity contribution in [3.8, 4) is 11.5 Å². The molecule has 0 aliphatic heterocycles. The average molecular weight is 259 g/mol. The van der Waals surface area contributed by atoms with Crippen LogP contribution in [0.5, 0.6) is 0 Å². The Balaban J connectivity index is 2.45. The van der Waals surface area contributed by atoms with Crippen molar-refractivity contribution in [2.75, 3.05) is 6.54 Å². The largest absolute Gasteiger partial charge is 0.334 e. The quantitative estimate of drug-likeness (QED) is 0.919. The molecule has 4 heteroatoms. The number of hydrogen-bond donors (Lipinski definition) is 1. The van der Waals surface area contributed by atoms with Crippen molar-refractivity contribution < 1.29 is 4.52 Å². The fourth-order valence-corrected chi connectivity index (χ4v) is 1.97. The monoisotopic (exact) mass is 259 g/mol. The van der Waals surface area contributed by atoms with Gasteiger partial charge in [-0.15, -0.1) is 0 Å². The van der Waals surface area contributed by atoms with E-state index in [4.69, 9.17) is 10.3 Å². The second-order valence-corrected chi connectivity index (χ2v) is 5.89. The maximum Gasteiger partial charge on any atom is 0.258 e. The Bertz CT molecular complexity index is 555. The summed E-state index contributed by atoms with van der Waals surface area (Å²) in [5, 5.41) is 4.02. The van der Waals surface area contributed by atoms with E-state index in [0.29, 0.717) is 18.3 Å². The Kier molecular flexibility index (Phi) is 3.71. The van der Waals surface area contributed by atoms with Crippen LogP contribution in [-0.4, -0.2) is 16.7 Å². The summed E-state index contributed by atoms with van der Waals surface area (Å²) in [5.74, 6) is 1.35. The highest BCUT2D eigenvalue weighted by Gasteiger charge is 2.22. The van der Waals surface area contributed by atoms with E-state index < -0.39 is 0 Å². The molecule has 0 amide bonds. The van der Waals surface area contributed by atoms with E-state index in [1.165, 1.54) is 5.56 Å². The Morgan fingerprint density at radius 2 is 1.95 bits per heavy atom. The van der Waals surface area contributed by atoms with Gasteiger partial charge in [-0.25, -0.2) is 0 Å². The molecule has 1 aromatic heterocycles. The highest BCUT2D eigenvalue weighted by molar-refractivity contribution is 5.60. The van der Waals surface area contributed by atoms with E-state index in [2.05, 4.69) is 37.0 Å². The molecule has 0 aliphatic rings. The zero-order chi connectivity index (χ0) is 14.0. The first-order chi connectivity index (χ1) is 8.93. The first kappa shape index (κ1) is 13.7. The topological polar surface area (TPSA) is 64.9 Å². The Labute approximate surface area is 114 Å². The molecule has 2 rings (SSSR count). The van der Waals surface area contributed by atoms with Crippen LogP contribution in [0, 0.1) is 0 Å². The molecule has 0 aliphatic carbocycles. The second-order valence-electron chi connectivity index (χ2n) is 5.89. The number of nitrogens with two attached hydrogens (primary N) is 1. The van der Waals surface area contributed by atoms with Crippen LogP contribution in [0.2, 0.25) is 0 Å². The lowest BCUT2D eigenvalue weighted by Gasteiger charge is -2.21. The molecule has 19 heavy (non-hydrogen) atoms. The standard InChI is InChI=1S/C15H21N3O/c1-10(9-16)13-17-14(19-18-13)11-7-5-6-8-12(11)15(2,3)4/h5-8,10H,9,16H2,1-4H3. The van der Waals surface area contributed by atoms with Crippen LogP contribution < -0.4 is 5.73 Å². The van der Waals surface area contributed by atoms with E-state index in [1.807, 2.05) is 25.1 Å². The van der Waals surface area contributed by atoms with Gasteiger partial charge in [0.05, 0.1) is 0 Å². The van der Waals surface area contributed by atoms with Crippen LogP contribution in [0.3, 0.4) is 0 Å². The van der Waals surface area contributed by atoms with Crippen molar-refractivity contribution in [3.05, 3.63) is 35.7 Å². The lowest BCUT2D eigenvalue weighted by molar-refractivity contribution is 0.416. The first-order valence-electron chi connectivity index (χ1n) is 6.57. The molecule has 1 atom stereocenters. The number of aromatic nitrogens is 2. The molecule has 2 aromatic rings. The Morgan fingerprint density at radius 3 is 2.58 bits per heavy atom. The van der Waals surface area contributed by atoms with Gasteiger partial charge in [0.1, 0.15) is 0 Å². The van der Waals surface area contributed by atoms with Crippen molar-refractivity contribution in [1.82, 2.24) is 10.1 Å². The first-order valence-corrected chi connectivity index (χ1v) is 6.57. The third-order valence-corrected chi connectivity index (χ3v) is 3.20. The minimum atomic E-state index is 0.0325. The Morgan fingerprint density at radius 1 is 1.26 bits per heavy atom. The summed E-state index contributed by atoms with van der Waals surface area (Å²) < 4.78 is 5.39. The van der Waals surface area contributed by atoms with Crippen LogP contribution in [0.15, 0.2) is 28.8 Å². The summed E-state index contributed by atoms with van der Waals surface area (Å²) in [6.45, 7) is 9.02. The lowest BCUT2D eigenvalue weighted by Crippen LogP contribution is -2.12. The summed E-state index contributed by atoms with van der Waals surface area (Å²) >= 11 is 0. The third kappa shape index (κ3) is 2.84. The van der Waals surface area contributed by atoms with Gasteiger partial charge in [0, 0.05) is 18.0 Å². The molecule has 2 N–H and O–H groups in total. The van der Waals surface area contributed by atoms with E-state index in [1.54, 1.807) is 0 Å². The third-order valence-electron chi connectivity index (χ3n) is 3.20. The van der Waals surface area contributed by atoms with Gasteiger partial charge >= 0.3 is 0 Å². The fourth-order valence-electron chi connectivity index (χ4n) is 1.97. The van der Waals surface area contributed by atoms with Crippen molar-refractivity contribution >= 4 is 0 Å². The van der Waals surface area contributed by atoms with Gasteiger partial charge in [-0.3, -0.25) is 0 Å². The molecule has 102 valence electrons. The molecule has 0 saturated heterocycles. The normalized spacial score (nSPS) is 13.5. The average Bonchev–Trinajstić information content (AvgIpc) is 2.86. The van der Waals surface area contributed by atoms with Gasteiger partial charge in [0.25, 0.3) is 5.89 Å². The van der Waals surface area contributed by atoms with Crippen LogP contribution in [-0.2, 0) is 5.41 Å². The van der Waals surface area contributed by atoms with E-state index in [0.717, 1.165) is 5.56 Å². The SMILES string of the molecule is CC(CN)c1noc(-c2ccccc2C(C)(C)C)n1. The van der Waals surface area contributed by atoms with Crippen LogP contribution in [0.25, 0.3) is 11.5 Å². The summed E-state index contributed by atoms with van der Waals surface area (Å²) in [7, 11) is 0. The van der Waals surface area contributed by atoms with Gasteiger partial charge in [0.2, 0.25) is 0 Å². The van der Waals surface area contributed by atoms with Gasteiger partial charge in [-0.1, -0.05) is 51.1 Å². The summed E-state index contributed by atoms with van der Waals surface area (Å²) in [6.07, 6.45) is 0. The molecule has 1 unspecified atom stereocenters. The predicted molar refractivity (Wildman–Crippen MR) is 75.9 cm³/mol. The molecule has 1 aromatic carbocycles. The second kappa shape index (κ2) is 5.13. The molecule has 1 heterocycles. The van der Waals surface area contributed by atoms with E-state index >= 15 is 0 Å². The fraction of sp³-hybridized carbons (Fsp3) is 0.467. The van der Waals surface area contributed by atoms with Crippen molar-refractivity contribution in [2.24, 2.45) is 5.73 Å². The molecule has 4 nitrogen and oxygen atoms in total. The minimum absolute atomic E-state index is 0.0325. The summed E-state index contributed by atoms with van der Waals surface area (Å²) in [4.78, 5) is 4.47. The van der Waals surface area contributed by atoms with E-state index in [9.17, 15) is 0 Å². The zero-order valence-corrected chi connectivity index (χ0v) is 12.0. The van der Waals surface area contributed by atoms with Gasteiger partial charge in [0.15, 0.2) is 5.82 Å². The lowest BCUT2D eigenvalue weighted by atomic mass is 9.84. The van der Waals surface area contributed by atoms with Crippen LogP contribution in [0.1, 0.15) is 45.0 Å². The molecule has 0 saturated carbocycles. The van der Waals surface area contributed by atoms with Gasteiger partial charge < -0.3 is 10.3 Å². The van der Waals surface area contributed by atoms with Crippen molar-refractivity contribution in [3.63, 3.8) is 0 Å². The molecule has 0 radical (unpaired) electrons. The highest BCUT2D eigenvalue weighted by Crippen LogP contribution is 2.32.